The van der Waals surface area contributed by atoms with Crippen molar-refractivity contribution in [1.82, 2.24) is 5.32 Å². The fourth-order valence-electron chi connectivity index (χ4n) is 1.49. The maximum absolute atomic E-state index is 10.2. The third-order valence-corrected chi connectivity index (χ3v) is 2.71. The molecule has 0 atom stereocenters. The summed E-state index contributed by atoms with van der Waals surface area (Å²) in [5.74, 6) is -0.853. The number of carboxylic acid groups (broad SMARTS) is 1. The minimum Gasteiger partial charge on any atom is -0.481 e. The zero-order valence-electron chi connectivity index (χ0n) is 13.7. The minimum atomic E-state index is -0.853. The van der Waals surface area contributed by atoms with Crippen LogP contribution in [0.1, 0.15) is 26.2 Å². The Balaban J connectivity index is 2.95. The quantitative estimate of drug-likeness (QED) is 0.363. The van der Waals surface area contributed by atoms with Crippen LogP contribution in [0.5, 0.6) is 0 Å². The zero-order valence-corrected chi connectivity index (χ0v) is 13.7. The first-order chi connectivity index (χ1) is 10.8. The zero-order chi connectivity index (χ0) is 16.3. The summed E-state index contributed by atoms with van der Waals surface area (Å²) in [4.78, 5) is 10.2. The van der Waals surface area contributed by atoms with Gasteiger partial charge >= 0.3 is 5.97 Å². The molecule has 0 aliphatic heterocycles. The normalized spacial score (nSPS) is 11.0. The van der Waals surface area contributed by atoms with Crippen molar-refractivity contribution in [2.24, 2.45) is 0 Å². The van der Waals surface area contributed by atoms with E-state index in [0.29, 0.717) is 46.2 Å². The van der Waals surface area contributed by atoms with Crippen molar-refractivity contribution in [2.45, 2.75) is 26.2 Å². The van der Waals surface area contributed by atoms with Crippen LogP contribution >= 0.6 is 0 Å². The molecule has 0 aliphatic rings. The van der Waals surface area contributed by atoms with E-state index in [1.807, 2.05) is 0 Å². The summed E-state index contributed by atoms with van der Waals surface area (Å²) in [7, 11) is 0. The smallest absolute Gasteiger partial charge is 0.305 e. The van der Waals surface area contributed by atoms with Gasteiger partial charge in [-0.25, -0.2) is 0 Å². The van der Waals surface area contributed by atoms with Crippen LogP contribution in [-0.4, -0.2) is 77.0 Å². The number of aliphatic carboxylic acids is 1. The van der Waals surface area contributed by atoms with E-state index in [9.17, 15) is 4.79 Å². The Labute approximate surface area is 133 Å². The Hall–Kier alpha value is -0.730. The molecule has 0 spiro atoms. The van der Waals surface area contributed by atoms with Crippen LogP contribution in [-0.2, 0) is 23.7 Å². The summed E-state index contributed by atoms with van der Waals surface area (Å²) < 4.78 is 21.1. The lowest BCUT2D eigenvalue weighted by Gasteiger charge is -2.07. The lowest BCUT2D eigenvalue weighted by molar-refractivity contribution is -0.138. The predicted octanol–water partition coefficient (Wildman–Crippen LogP) is 0.917. The average molecular weight is 321 g/mol. The van der Waals surface area contributed by atoms with Gasteiger partial charge in [0.1, 0.15) is 0 Å². The number of rotatable bonds is 18. The van der Waals surface area contributed by atoms with Crippen molar-refractivity contribution < 1.29 is 28.8 Å². The van der Waals surface area contributed by atoms with Gasteiger partial charge in [0.05, 0.1) is 59.3 Å². The van der Waals surface area contributed by atoms with Crippen molar-refractivity contribution in [3.05, 3.63) is 0 Å². The molecule has 0 saturated heterocycles. The van der Waals surface area contributed by atoms with Gasteiger partial charge in [0.2, 0.25) is 0 Å². The predicted molar refractivity (Wildman–Crippen MR) is 83.3 cm³/mol. The number of carboxylic acids is 1. The standard InChI is InChI=1S/C15H31NO6/c1-2-3-5-16-6-8-20-10-12-22-14-13-21-11-9-19-7-4-15(17)18/h16H,2-14H2,1H3,(H,17,18). The van der Waals surface area contributed by atoms with Crippen LogP contribution in [0.4, 0.5) is 0 Å². The largest absolute Gasteiger partial charge is 0.481 e. The Kier molecular flexibility index (Phi) is 17.7. The number of nitrogens with one attached hydrogen (secondary N) is 1. The van der Waals surface area contributed by atoms with Crippen molar-refractivity contribution in [1.29, 1.82) is 0 Å². The Morgan fingerprint density at radius 1 is 0.818 bits per heavy atom. The molecule has 0 aromatic carbocycles. The molecule has 7 nitrogen and oxygen atoms in total. The molecule has 0 rings (SSSR count). The third-order valence-electron chi connectivity index (χ3n) is 2.71. The molecule has 0 aromatic heterocycles. The maximum Gasteiger partial charge on any atom is 0.305 e. The van der Waals surface area contributed by atoms with Gasteiger partial charge in [0.15, 0.2) is 0 Å². The topological polar surface area (TPSA) is 86.3 Å². The SMILES string of the molecule is CCCCNCCOCCOCCOCCOCCC(=O)O. The highest BCUT2D eigenvalue weighted by Crippen LogP contribution is 1.85. The van der Waals surface area contributed by atoms with Crippen molar-refractivity contribution in [3.63, 3.8) is 0 Å². The van der Waals surface area contributed by atoms with Crippen LogP contribution in [0.3, 0.4) is 0 Å². The van der Waals surface area contributed by atoms with E-state index in [2.05, 4.69) is 12.2 Å². The van der Waals surface area contributed by atoms with E-state index in [1.165, 1.54) is 12.8 Å². The first-order valence-corrected chi connectivity index (χ1v) is 8.00. The minimum absolute atomic E-state index is 0.0250. The number of hydrogen-bond donors (Lipinski definition) is 2. The second-order valence-corrected chi connectivity index (χ2v) is 4.70. The molecule has 7 heteroatoms. The van der Waals surface area contributed by atoms with Crippen LogP contribution < -0.4 is 5.32 Å². The first-order valence-electron chi connectivity index (χ1n) is 8.00. The number of hydrogen-bond acceptors (Lipinski definition) is 6. The number of unbranched alkanes of at least 4 members (excludes halogenated alkanes) is 1. The molecule has 0 fully saturated rings. The molecule has 0 heterocycles. The molecule has 0 saturated carbocycles. The first kappa shape index (κ1) is 21.3. The molecule has 0 bridgehead atoms. The summed E-state index contributed by atoms with van der Waals surface area (Å²) in [6.07, 6.45) is 2.43. The summed E-state index contributed by atoms with van der Waals surface area (Å²) in [6.45, 7) is 8.06. The molecule has 22 heavy (non-hydrogen) atoms. The molecule has 0 amide bonds. The molecule has 0 radical (unpaired) electrons. The highest BCUT2D eigenvalue weighted by Gasteiger charge is 1.96. The highest BCUT2D eigenvalue weighted by molar-refractivity contribution is 5.66. The van der Waals surface area contributed by atoms with Gasteiger partial charge in [-0.2, -0.15) is 0 Å². The highest BCUT2D eigenvalue weighted by atomic mass is 16.6. The van der Waals surface area contributed by atoms with Gasteiger partial charge in [-0.15, -0.1) is 0 Å². The van der Waals surface area contributed by atoms with Gasteiger partial charge in [0.25, 0.3) is 0 Å². The van der Waals surface area contributed by atoms with Crippen molar-refractivity contribution in [2.75, 3.05) is 65.9 Å². The summed E-state index contributed by atoms with van der Waals surface area (Å²) in [5.41, 5.74) is 0. The van der Waals surface area contributed by atoms with Crippen molar-refractivity contribution in [3.8, 4) is 0 Å². The molecule has 0 unspecified atom stereocenters. The molecule has 2 N–H and O–H groups in total. The number of carbonyl (C=O) groups is 1. The van der Waals surface area contributed by atoms with Gasteiger partial charge in [0, 0.05) is 6.54 Å². The van der Waals surface area contributed by atoms with Crippen molar-refractivity contribution >= 4 is 5.97 Å². The fraction of sp³-hybridized carbons (Fsp3) is 0.933. The van der Waals surface area contributed by atoms with E-state index < -0.39 is 5.97 Å². The van der Waals surface area contributed by atoms with Gasteiger partial charge in [-0.3, -0.25) is 4.79 Å². The van der Waals surface area contributed by atoms with Gasteiger partial charge < -0.3 is 29.4 Å². The van der Waals surface area contributed by atoms with E-state index in [1.54, 1.807) is 0 Å². The number of ether oxygens (including phenoxy) is 4. The molecule has 0 aromatic rings. The lowest BCUT2D eigenvalue weighted by Crippen LogP contribution is -2.21. The van der Waals surface area contributed by atoms with Crippen LogP contribution in [0.25, 0.3) is 0 Å². The Bertz CT molecular complexity index is 240. The summed E-state index contributed by atoms with van der Waals surface area (Å²) in [5, 5.41) is 11.7. The third kappa shape index (κ3) is 19.3. The monoisotopic (exact) mass is 321 g/mol. The van der Waals surface area contributed by atoms with Crippen LogP contribution in [0.2, 0.25) is 0 Å². The van der Waals surface area contributed by atoms with E-state index in [0.717, 1.165) is 13.1 Å². The fourth-order valence-corrected chi connectivity index (χ4v) is 1.49. The maximum atomic E-state index is 10.2. The molecule has 0 aliphatic carbocycles. The second kappa shape index (κ2) is 18.3. The Morgan fingerprint density at radius 2 is 1.32 bits per heavy atom. The van der Waals surface area contributed by atoms with Crippen LogP contribution in [0.15, 0.2) is 0 Å². The summed E-state index contributed by atoms with van der Waals surface area (Å²) >= 11 is 0. The van der Waals surface area contributed by atoms with Gasteiger partial charge in [-0.05, 0) is 13.0 Å². The van der Waals surface area contributed by atoms with Gasteiger partial charge in [-0.1, -0.05) is 13.3 Å². The Morgan fingerprint density at radius 3 is 1.82 bits per heavy atom. The van der Waals surface area contributed by atoms with Crippen LogP contribution in [0, 0.1) is 0 Å². The molecule has 132 valence electrons. The average Bonchev–Trinajstić information content (AvgIpc) is 2.50. The second-order valence-electron chi connectivity index (χ2n) is 4.70. The van der Waals surface area contributed by atoms with E-state index in [-0.39, 0.29) is 13.0 Å². The van der Waals surface area contributed by atoms with E-state index in [4.69, 9.17) is 24.1 Å². The molecular formula is C15H31NO6. The lowest BCUT2D eigenvalue weighted by atomic mass is 10.3. The summed E-state index contributed by atoms with van der Waals surface area (Å²) in [6, 6.07) is 0. The van der Waals surface area contributed by atoms with E-state index >= 15 is 0 Å². The molecular weight excluding hydrogens is 290 g/mol.